The highest BCUT2D eigenvalue weighted by molar-refractivity contribution is 5.85. The molecule has 0 aliphatic carbocycles. The molecule has 2 aromatic rings. The van der Waals surface area contributed by atoms with E-state index in [-0.39, 0.29) is 29.2 Å². The minimum absolute atomic E-state index is 0.0305. The minimum Gasteiger partial charge on any atom is -0.507 e. The lowest BCUT2D eigenvalue weighted by Gasteiger charge is -2.27. The van der Waals surface area contributed by atoms with Gasteiger partial charge in [-0.1, -0.05) is 77.9 Å². The molecule has 1 atom stereocenters. The van der Waals surface area contributed by atoms with E-state index in [4.69, 9.17) is 0 Å². The van der Waals surface area contributed by atoms with E-state index >= 15 is 0 Å². The van der Waals surface area contributed by atoms with Gasteiger partial charge in [0.25, 0.3) is 0 Å². The number of aliphatic hydroxyl groups is 1. The van der Waals surface area contributed by atoms with Crippen molar-refractivity contribution in [3.63, 3.8) is 0 Å². The molecule has 0 aromatic heterocycles. The molecule has 0 aliphatic heterocycles. The van der Waals surface area contributed by atoms with Gasteiger partial charge in [-0.3, -0.25) is 4.99 Å². The van der Waals surface area contributed by atoms with Crippen molar-refractivity contribution < 1.29 is 10.2 Å². The van der Waals surface area contributed by atoms with Crippen LogP contribution in [0.4, 0.5) is 0 Å². The third-order valence-corrected chi connectivity index (χ3v) is 4.76. The van der Waals surface area contributed by atoms with E-state index in [9.17, 15) is 10.2 Å². The van der Waals surface area contributed by atoms with Crippen LogP contribution < -0.4 is 0 Å². The van der Waals surface area contributed by atoms with Crippen molar-refractivity contribution in [3.8, 4) is 5.75 Å². The van der Waals surface area contributed by atoms with Crippen molar-refractivity contribution in [2.75, 3.05) is 6.61 Å². The molecule has 2 N–H and O–H groups in total. The second-order valence-corrected chi connectivity index (χ2v) is 9.27. The summed E-state index contributed by atoms with van der Waals surface area (Å²) in [5, 5.41) is 20.6. The Morgan fingerprint density at radius 1 is 0.963 bits per heavy atom. The van der Waals surface area contributed by atoms with Gasteiger partial charge in [0, 0.05) is 17.3 Å². The summed E-state index contributed by atoms with van der Waals surface area (Å²) in [6.07, 6.45) is 2.38. The molecule has 2 rings (SSSR count). The number of hydrogen-bond acceptors (Lipinski definition) is 3. The van der Waals surface area contributed by atoms with Crippen LogP contribution in [0.15, 0.2) is 47.5 Å². The first kappa shape index (κ1) is 21.2. The first-order valence-corrected chi connectivity index (χ1v) is 9.58. The first-order chi connectivity index (χ1) is 12.5. The molecule has 0 saturated heterocycles. The second-order valence-electron chi connectivity index (χ2n) is 9.27. The number of aliphatic imine (C=N–C) groups is 1. The van der Waals surface area contributed by atoms with Gasteiger partial charge < -0.3 is 10.2 Å². The Labute approximate surface area is 163 Å². The highest BCUT2D eigenvalue weighted by Gasteiger charge is 2.24. The average molecular weight is 368 g/mol. The molecule has 2 aromatic carbocycles. The summed E-state index contributed by atoms with van der Waals surface area (Å²) in [4.78, 5) is 4.58. The topological polar surface area (TPSA) is 52.8 Å². The smallest absolute Gasteiger partial charge is 0.128 e. The van der Waals surface area contributed by atoms with Crippen LogP contribution in [0.1, 0.15) is 63.8 Å². The third kappa shape index (κ3) is 5.67. The number of rotatable bonds is 5. The zero-order valence-electron chi connectivity index (χ0n) is 17.5. The average Bonchev–Trinajstić information content (AvgIpc) is 2.58. The number of aromatic hydroxyl groups is 1. The highest BCUT2D eigenvalue weighted by atomic mass is 16.3. The summed E-state index contributed by atoms with van der Waals surface area (Å²) >= 11 is 0. The standard InChI is InChI=1S/C24H33NO2/c1-23(2,3)19-13-18(22(27)21(14-19)24(4,5)6)15-25-20(16-26)12-17-10-8-7-9-11-17/h7-11,13-15,20,26-27H,12,16H2,1-6H3/t20-/m1/s1. The monoisotopic (exact) mass is 367 g/mol. The molecule has 0 saturated carbocycles. The van der Waals surface area contributed by atoms with E-state index in [1.807, 2.05) is 36.4 Å². The fourth-order valence-corrected chi connectivity index (χ4v) is 3.00. The van der Waals surface area contributed by atoms with Crippen molar-refractivity contribution in [2.45, 2.75) is 64.8 Å². The third-order valence-electron chi connectivity index (χ3n) is 4.76. The Kier molecular flexibility index (Phi) is 6.48. The molecule has 0 fully saturated rings. The molecule has 146 valence electrons. The molecule has 3 heteroatoms. The summed E-state index contributed by atoms with van der Waals surface area (Å²) in [5.74, 6) is 0.274. The Morgan fingerprint density at radius 3 is 2.11 bits per heavy atom. The van der Waals surface area contributed by atoms with Crippen LogP contribution in [0.25, 0.3) is 0 Å². The normalized spacial score (nSPS) is 13.9. The summed E-state index contributed by atoms with van der Waals surface area (Å²) < 4.78 is 0. The van der Waals surface area contributed by atoms with Crippen LogP contribution in [0.2, 0.25) is 0 Å². The van der Waals surface area contributed by atoms with Gasteiger partial charge in [0.15, 0.2) is 0 Å². The maximum Gasteiger partial charge on any atom is 0.128 e. The van der Waals surface area contributed by atoms with Crippen molar-refractivity contribution >= 4 is 6.21 Å². The summed E-state index contributed by atoms with van der Waals surface area (Å²) in [5.41, 5.74) is 3.72. The summed E-state index contributed by atoms with van der Waals surface area (Å²) in [6.45, 7) is 12.8. The zero-order valence-corrected chi connectivity index (χ0v) is 17.5. The van der Waals surface area contributed by atoms with Gasteiger partial charge in [-0.05, 0) is 34.4 Å². The highest BCUT2D eigenvalue weighted by Crippen LogP contribution is 2.37. The molecule has 27 heavy (non-hydrogen) atoms. The number of hydrogen-bond donors (Lipinski definition) is 2. The second kappa shape index (κ2) is 8.26. The van der Waals surface area contributed by atoms with Crippen molar-refractivity contribution in [3.05, 3.63) is 64.7 Å². The molecule has 0 spiro atoms. The molecule has 0 unspecified atom stereocenters. The molecule has 0 radical (unpaired) electrons. The summed E-state index contributed by atoms with van der Waals surface area (Å²) in [6, 6.07) is 13.9. The van der Waals surface area contributed by atoms with Gasteiger partial charge in [0.05, 0.1) is 12.6 Å². The predicted octanol–water partition coefficient (Wildman–Crippen LogP) is 5.01. The van der Waals surface area contributed by atoms with Crippen LogP contribution in [-0.2, 0) is 17.3 Å². The fourth-order valence-electron chi connectivity index (χ4n) is 3.00. The van der Waals surface area contributed by atoms with E-state index in [1.54, 1.807) is 6.21 Å². The van der Waals surface area contributed by atoms with E-state index < -0.39 is 0 Å². The maximum atomic E-state index is 10.8. The summed E-state index contributed by atoms with van der Waals surface area (Å²) in [7, 11) is 0. The van der Waals surface area contributed by atoms with E-state index in [2.05, 4.69) is 52.6 Å². The van der Waals surface area contributed by atoms with Crippen molar-refractivity contribution in [2.24, 2.45) is 4.99 Å². The number of phenols is 1. The minimum atomic E-state index is -0.233. The van der Waals surface area contributed by atoms with Crippen LogP contribution >= 0.6 is 0 Å². The van der Waals surface area contributed by atoms with Crippen LogP contribution in [0.3, 0.4) is 0 Å². The van der Waals surface area contributed by atoms with Gasteiger partial charge in [-0.15, -0.1) is 0 Å². The molecule has 3 nitrogen and oxygen atoms in total. The molecular formula is C24H33NO2. The molecule has 0 amide bonds. The van der Waals surface area contributed by atoms with Crippen molar-refractivity contribution in [1.82, 2.24) is 0 Å². The van der Waals surface area contributed by atoms with Gasteiger partial charge in [-0.2, -0.15) is 0 Å². The van der Waals surface area contributed by atoms with Crippen LogP contribution in [0, 0.1) is 0 Å². The molecule has 0 aliphatic rings. The van der Waals surface area contributed by atoms with Crippen molar-refractivity contribution in [1.29, 1.82) is 0 Å². The van der Waals surface area contributed by atoms with Gasteiger partial charge in [0.1, 0.15) is 5.75 Å². The SMILES string of the molecule is CC(C)(C)c1cc(C=N[C@@H](CO)Cc2ccccc2)c(O)c(C(C)(C)C)c1. The Morgan fingerprint density at radius 2 is 1.59 bits per heavy atom. The van der Waals surface area contributed by atoms with Gasteiger partial charge in [-0.25, -0.2) is 0 Å². The van der Waals surface area contributed by atoms with E-state index in [1.165, 1.54) is 0 Å². The number of benzene rings is 2. The Hall–Kier alpha value is -2.13. The Bertz CT molecular complexity index is 781. The molecular weight excluding hydrogens is 334 g/mol. The van der Waals surface area contributed by atoms with Crippen LogP contribution in [0.5, 0.6) is 5.75 Å². The quantitative estimate of drug-likeness (QED) is 0.730. The predicted molar refractivity (Wildman–Crippen MR) is 114 cm³/mol. The lowest BCUT2D eigenvalue weighted by molar-refractivity contribution is 0.266. The van der Waals surface area contributed by atoms with Gasteiger partial charge >= 0.3 is 0 Å². The Balaban J connectivity index is 2.39. The molecule has 0 heterocycles. The van der Waals surface area contributed by atoms with E-state index in [0.717, 1.165) is 16.7 Å². The maximum absolute atomic E-state index is 10.8. The molecule has 0 bridgehead atoms. The number of aliphatic hydroxyl groups excluding tert-OH is 1. The zero-order chi connectivity index (χ0) is 20.2. The lowest BCUT2D eigenvalue weighted by Crippen LogP contribution is -2.18. The number of phenolic OH excluding ortho intramolecular Hbond substituents is 1. The number of nitrogens with zero attached hydrogens (tertiary/aromatic N) is 1. The van der Waals surface area contributed by atoms with Gasteiger partial charge in [0.2, 0.25) is 0 Å². The lowest BCUT2D eigenvalue weighted by atomic mass is 9.79. The fraction of sp³-hybridized carbons (Fsp3) is 0.458. The van der Waals surface area contributed by atoms with Crippen LogP contribution in [-0.4, -0.2) is 29.1 Å². The van der Waals surface area contributed by atoms with E-state index in [0.29, 0.717) is 12.0 Å². The largest absolute Gasteiger partial charge is 0.507 e. The first-order valence-electron chi connectivity index (χ1n) is 9.58.